The highest BCUT2D eigenvalue weighted by molar-refractivity contribution is 7.09. The van der Waals surface area contributed by atoms with Gasteiger partial charge >= 0.3 is 0 Å². The van der Waals surface area contributed by atoms with E-state index >= 15 is 0 Å². The minimum Gasteiger partial charge on any atom is -0.380 e. The van der Waals surface area contributed by atoms with Crippen molar-refractivity contribution in [2.45, 2.75) is 19.4 Å². The van der Waals surface area contributed by atoms with Crippen LogP contribution in [0, 0.1) is 5.82 Å². The molecule has 0 saturated carbocycles. The highest BCUT2D eigenvalue weighted by Gasteiger charge is 2.16. The van der Waals surface area contributed by atoms with Crippen molar-refractivity contribution in [3.63, 3.8) is 0 Å². The molecule has 0 radical (unpaired) electrons. The summed E-state index contributed by atoms with van der Waals surface area (Å²) in [5, 5.41) is 3.22. The molecule has 1 N–H and O–H groups in total. The van der Waals surface area contributed by atoms with Crippen LogP contribution in [0.15, 0.2) is 29.9 Å². The second-order valence-corrected chi connectivity index (χ2v) is 5.65. The van der Waals surface area contributed by atoms with E-state index in [1.807, 2.05) is 18.3 Å². The van der Waals surface area contributed by atoms with Gasteiger partial charge in [-0.3, -0.25) is 4.98 Å². The van der Waals surface area contributed by atoms with E-state index in [0.717, 1.165) is 42.2 Å². The van der Waals surface area contributed by atoms with Gasteiger partial charge in [0, 0.05) is 29.9 Å². The molecule has 1 aliphatic heterocycles. The minimum atomic E-state index is -0.142. The van der Waals surface area contributed by atoms with Gasteiger partial charge in [-0.1, -0.05) is 0 Å². The summed E-state index contributed by atoms with van der Waals surface area (Å²) >= 11 is 1.59. The normalized spacial score (nSPS) is 14.9. The molecule has 3 nitrogen and oxygen atoms in total. The molecular formula is C14H16FN3S. The molecular weight excluding hydrogens is 261 g/mol. The highest BCUT2D eigenvalue weighted by atomic mass is 32.1. The molecule has 5 heteroatoms. The van der Waals surface area contributed by atoms with Crippen LogP contribution in [-0.2, 0) is 6.54 Å². The summed E-state index contributed by atoms with van der Waals surface area (Å²) in [7, 11) is 0. The maximum absolute atomic E-state index is 14.1. The molecule has 0 bridgehead atoms. The van der Waals surface area contributed by atoms with Crippen molar-refractivity contribution in [1.82, 2.24) is 4.98 Å². The van der Waals surface area contributed by atoms with E-state index in [-0.39, 0.29) is 5.82 Å². The van der Waals surface area contributed by atoms with Gasteiger partial charge < -0.3 is 10.2 Å². The molecule has 3 rings (SSSR count). The molecule has 1 aromatic carbocycles. The van der Waals surface area contributed by atoms with Crippen LogP contribution in [0.25, 0.3) is 0 Å². The fourth-order valence-electron chi connectivity index (χ4n) is 2.35. The fraction of sp³-hybridized carbons (Fsp3) is 0.357. The maximum atomic E-state index is 14.1. The first-order valence-electron chi connectivity index (χ1n) is 6.49. The number of hydrogen-bond acceptors (Lipinski definition) is 4. The summed E-state index contributed by atoms with van der Waals surface area (Å²) in [6.07, 6.45) is 4.14. The lowest BCUT2D eigenvalue weighted by molar-refractivity contribution is 0.623. The van der Waals surface area contributed by atoms with Gasteiger partial charge in [0.2, 0.25) is 0 Å². The Hall–Kier alpha value is -1.62. The van der Waals surface area contributed by atoms with Crippen molar-refractivity contribution in [3.8, 4) is 0 Å². The summed E-state index contributed by atoms with van der Waals surface area (Å²) in [6, 6.07) is 5.39. The standard InChI is InChI=1S/C14H16FN3S/c15-13-7-11(17-9-12-8-16-10-19-12)3-4-14(13)18-5-1-2-6-18/h3-4,7-8,10,17H,1-2,5-6,9H2. The fourth-order valence-corrected chi connectivity index (χ4v) is 2.88. The summed E-state index contributed by atoms with van der Waals surface area (Å²) < 4.78 is 14.1. The van der Waals surface area contributed by atoms with Gasteiger partial charge in [0.1, 0.15) is 5.82 Å². The first-order valence-corrected chi connectivity index (χ1v) is 7.36. The molecule has 1 fully saturated rings. The Kier molecular flexibility index (Phi) is 3.64. The van der Waals surface area contributed by atoms with E-state index in [4.69, 9.17) is 0 Å². The zero-order chi connectivity index (χ0) is 13.1. The Bertz CT molecular complexity index is 536. The molecule has 0 spiro atoms. The second-order valence-electron chi connectivity index (χ2n) is 4.68. The molecule has 0 unspecified atom stereocenters. The van der Waals surface area contributed by atoms with Crippen LogP contribution in [0.2, 0.25) is 0 Å². The van der Waals surface area contributed by atoms with Gasteiger partial charge in [0.05, 0.1) is 17.7 Å². The molecule has 100 valence electrons. The quantitative estimate of drug-likeness (QED) is 0.927. The van der Waals surface area contributed by atoms with Gasteiger partial charge in [-0.25, -0.2) is 4.39 Å². The average molecular weight is 277 g/mol. The third-order valence-corrected chi connectivity index (χ3v) is 4.12. The van der Waals surface area contributed by atoms with Crippen molar-refractivity contribution >= 4 is 22.7 Å². The third kappa shape index (κ3) is 2.87. The number of thiazole rings is 1. The highest BCUT2D eigenvalue weighted by Crippen LogP contribution is 2.26. The first-order chi connectivity index (χ1) is 9.33. The second kappa shape index (κ2) is 5.57. The Morgan fingerprint density at radius 2 is 2.16 bits per heavy atom. The molecule has 2 aromatic rings. The van der Waals surface area contributed by atoms with Crippen LogP contribution in [-0.4, -0.2) is 18.1 Å². The predicted octanol–water partition coefficient (Wildman–Crippen LogP) is 3.49. The van der Waals surface area contributed by atoms with Crippen molar-refractivity contribution in [2.75, 3.05) is 23.3 Å². The van der Waals surface area contributed by atoms with E-state index in [0.29, 0.717) is 6.54 Å². The summed E-state index contributed by atoms with van der Waals surface area (Å²) in [4.78, 5) is 7.27. The van der Waals surface area contributed by atoms with Gasteiger partial charge in [-0.05, 0) is 31.0 Å². The summed E-state index contributed by atoms with van der Waals surface area (Å²) in [5.74, 6) is -0.142. The lowest BCUT2D eigenvalue weighted by atomic mass is 10.2. The topological polar surface area (TPSA) is 28.2 Å². The van der Waals surface area contributed by atoms with Gasteiger partial charge in [-0.2, -0.15) is 0 Å². The van der Waals surface area contributed by atoms with Crippen LogP contribution in [0.5, 0.6) is 0 Å². The zero-order valence-electron chi connectivity index (χ0n) is 10.6. The molecule has 0 aliphatic carbocycles. The minimum absolute atomic E-state index is 0.142. The number of halogens is 1. The van der Waals surface area contributed by atoms with Crippen LogP contribution < -0.4 is 10.2 Å². The molecule has 1 aliphatic rings. The first kappa shape index (κ1) is 12.4. The number of hydrogen-bond donors (Lipinski definition) is 1. The van der Waals surface area contributed by atoms with Crippen molar-refractivity contribution in [1.29, 1.82) is 0 Å². The monoisotopic (exact) mass is 277 g/mol. The van der Waals surface area contributed by atoms with E-state index in [9.17, 15) is 4.39 Å². The smallest absolute Gasteiger partial charge is 0.148 e. The number of nitrogens with zero attached hydrogens (tertiary/aromatic N) is 2. The number of rotatable bonds is 4. The lowest BCUT2D eigenvalue weighted by Crippen LogP contribution is -2.18. The molecule has 2 heterocycles. The Balaban J connectivity index is 1.68. The van der Waals surface area contributed by atoms with Gasteiger partial charge in [0.15, 0.2) is 0 Å². The number of nitrogens with one attached hydrogen (secondary N) is 1. The Morgan fingerprint density at radius 3 is 2.84 bits per heavy atom. The van der Waals surface area contributed by atoms with E-state index in [1.165, 1.54) is 0 Å². The average Bonchev–Trinajstić information content (AvgIpc) is 3.10. The van der Waals surface area contributed by atoms with E-state index in [2.05, 4.69) is 15.2 Å². The van der Waals surface area contributed by atoms with Crippen LogP contribution >= 0.6 is 11.3 Å². The van der Waals surface area contributed by atoms with Crippen LogP contribution in [0.1, 0.15) is 17.7 Å². The van der Waals surface area contributed by atoms with Crippen molar-refractivity contribution in [2.24, 2.45) is 0 Å². The SMILES string of the molecule is Fc1cc(NCc2cncs2)ccc1N1CCCC1. The molecule has 1 saturated heterocycles. The summed E-state index contributed by atoms with van der Waals surface area (Å²) in [6.45, 7) is 2.61. The molecule has 0 atom stereocenters. The van der Waals surface area contributed by atoms with Gasteiger partial charge in [0.25, 0.3) is 0 Å². The summed E-state index contributed by atoms with van der Waals surface area (Å²) in [5.41, 5.74) is 3.34. The van der Waals surface area contributed by atoms with Gasteiger partial charge in [-0.15, -0.1) is 11.3 Å². The van der Waals surface area contributed by atoms with E-state index in [1.54, 1.807) is 22.9 Å². The molecule has 19 heavy (non-hydrogen) atoms. The predicted molar refractivity (Wildman–Crippen MR) is 77.3 cm³/mol. The molecule has 0 amide bonds. The number of aromatic nitrogens is 1. The van der Waals surface area contributed by atoms with Crippen molar-refractivity contribution < 1.29 is 4.39 Å². The molecule has 1 aromatic heterocycles. The number of anilines is 2. The van der Waals surface area contributed by atoms with Crippen LogP contribution in [0.4, 0.5) is 15.8 Å². The zero-order valence-corrected chi connectivity index (χ0v) is 11.4. The largest absolute Gasteiger partial charge is 0.380 e. The van der Waals surface area contributed by atoms with Crippen molar-refractivity contribution in [3.05, 3.63) is 40.6 Å². The van der Waals surface area contributed by atoms with Crippen LogP contribution in [0.3, 0.4) is 0 Å². The maximum Gasteiger partial charge on any atom is 0.148 e. The van der Waals surface area contributed by atoms with E-state index < -0.39 is 0 Å². The number of benzene rings is 1. The Morgan fingerprint density at radius 1 is 1.32 bits per heavy atom. The Labute approximate surface area is 116 Å². The third-order valence-electron chi connectivity index (χ3n) is 3.34. The lowest BCUT2D eigenvalue weighted by Gasteiger charge is -2.19.